The van der Waals surface area contributed by atoms with E-state index in [1.165, 1.54) is 4.68 Å². The highest BCUT2D eigenvalue weighted by Crippen LogP contribution is 2.34. The molecule has 1 aromatic heterocycles. The lowest BCUT2D eigenvalue weighted by Crippen LogP contribution is -1.98. The molecule has 0 aliphatic heterocycles. The second-order valence-electron chi connectivity index (χ2n) is 3.63. The number of hydrogen-bond acceptors (Lipinski definition) is 2. The molecule has 0 fully saturated rings. The third kappa shape index (κ3) is 1.55. The Balaban J connectivity index is 2.66. The van der Waals surface area contributed by atoms with Crippen molar-refractivity contribution >= 4 is 17.4 Å². The fourth-order valence-electron chi connectivity index (χ4n) is 1.51. The van der Waals surface area contributed by atoms with Gasteiger partial charge in [0.05, 0.1) is 11.2 Å². The summed E-state index contributed by atoms with van der Waals surface area (Å²) >= 11 is 5.95. The zero-order chi connectivity index (χ0) is 11.9. The fourth-order valence-corrected chi connectivity index (χ4v) is 1.82. The van der Waals surface area contributed by atoms with Gasteiger partial charge in [-0.25, -0.2) is 4.39 Å². The summed E-state index contributed by atoms with van der Waals surface area (Å²) in [6.07, 6.45) is 1.57. The van der Waals surface area contributed by atoms with E-state index in [9.17, 15) is 4.39 Å². The average molecular weight is 240 g/mol. The Morgan fingerprint density at radius 1 is 1.38 bits per heavy atom. The summed E-state index contributed by atoms with van der Waals surface area (Å²) < 4.78 is 15.1. The monoisotopic (exact) mass is 239 g/mol. The predicted molar refractivity (Wildman–Crippen MR) is 62.8 cm³/mol. The van der Waals surface area contributed by atoms with Crippen LogP contribution in [-0.2, 0) is 7.05 Å². The van der Waals surface area contributed by atoms with E-state index in [-0.39, 0.29) is 5.02 Å². The molecule has 84 valence electrons. The normalized spacial score (nSPS) is 10.8. The Kier molecular flexibility index (Phi) is 2.59. The highest BCUT2D eigenvalue weighted by atomic mass is 35.5. The second-order valence-corrected chi connectivity index (χ2v) is 4.00. The largest absolute Gasteiger partial charge is 0.383 e. The van der Waals surface area contributed by atoms with Gasteiger partial charge in [0.2, 0.25) is 0 Å². The van der Waals surface area contributed by atoms with E-state index in [1.807, 2.05) is 0 Å². The van der Waals surface area contributed by atoms with Crippen LogP contribution in [-0.4, -0.2) is 9.78 Å². The number of aryl methyl sites for hydroxylation is 2. The summed E-state index contributed by atoms with van der Waals surface area (Å²) in [4.78, 5) is 0. The van der Waals surface area contributed by atoms with Crippen molar-refractivity contribution in [3.05, 3.63) is 34.7 Å². The summed E-state index contributed by atoms with van der Waals surface area (Å²) in [5.41, 5.74) is 7.53. The number of benzene rings is 1. The molecule has 3 nitrogen and oxygen atoms in total. The molecule has 0 spiro atoms. The summed E-state index contributed by atoms with van der Waals surface area (Å²) in [5, 5.41) is 4.08. The van der Waals surface area contributed by atoms with Gasteiger partial charge in [0.1, 0.15) is 11.6 Å². The van der Waals surface area contributed by atoms with Gasteiger partial charge in [-0.2, -0.15) is 5.10 Å². The highest BCUT2D eigenvalue weighted by Gasteiger charge is 2.14. The van der Waals surface area contributed by atoms with Crippen LogP contribution in [0.25, 0.3) is 11.1 Å². The maximum absolute atomic E-state index is 13.6. The van der Waals surface area contributed by atoms with Crippen LogP contribution in [0.15, 0.2) is 18.3 Å². The van der Waals surface area contributed by atoms with Crippen molar-refractivity contribution in [1.29, 1.82) is 0 Å². The number of nitrogen functional groups attached to an aromatic ring is 1. The van der Waals surface area contributed by atoms with Gasteiger partial charge in [0.15, 0.2) is 0 Å². The Hall–Kier alpha value is -1.55. The van der Waals surface area contributed by atoms with Gasteiger partial charge >= 0.3 is 0 Å². The van der Waals surface area contributed by atoms with E-state index in [0.717, 1.165) is 0 Å². The molecule has 1 aromatic carbocycles. The van der Waals surface area contributed by atoms with Crippen molar-refractivity contribution in [2.75, 3.05) is 5.73 Å². The van der Waals surface area contributed by atoms with Crippen LogP contribution in [0.3, 0.4) is 0 Å². The van der Waals surface area contributed by atoms with E-state index in [4.69, 9.17) is 17.3 Å². The molecule has 2 rings (SSSR count). The Bertz CT molecular complexity index is 548. The van der Waals surface area contributed by atoms with Crippen LogP contribution in [0.4, 0.5) is 10.2 Å². The quantitative estimate of drug-likeness (QED) is 0.832. The number of nitrogens with zero attached hydrogens (tertiary/aromatic N) is 2. The first-order chi connectivity index (χ1) is 7.52. The van der Waals surface area contributed by atoms with E-state index >= 15 is 0 Å². The lowest BCUT2D eigenvalue weighted by atomic mass is 10.1. The smallest absolute Gasteiger partial charge is 0.145 e. The van der Waals surface area contributed by atoms with Gasteiger partial charge in [-0.05, 0) is 12.5 Å². The lowest BCUT2D eigenvalue weighted by molar-refractivity contribution is 0.619. The van der Waals surface area contributed by atoms with Crippen LogP contribution < -0.4 is 5.73 Å². The van der Waals surface area contributed by atoms with Crippen molar-refractivity contribution in [3.63, 3.8) is 0 Å². The standard InChI is InChI=1S/C11H11ClFN3/c1-6-3-4-7(9(12)10(6)13)8-5-15-16(2)11(8)14/h3-5H,14H2,1-2H3. The van der Waals surface area contributed by atoms with E-state index in [1.54, 1.807) is 32.3 Å². The predicted octanol–water partition coefficient (Wildman–Crippen LogP) is 2.77. The summed E-state index contributed by atoms with van der Waals surface area (Å²) in [6, 6.07) is 3.41. The van der Waals surface area contributed by atoms with E-state index in [0.29, 0.717) is 22.5 Å². The zero-order valence-electron chi connectivity index (χ0n) is 8.96. The number of halogens is 2. The minimum atomic E-state index is -0.414. The van der Waals surface area contributed by atoms with Crippen LogP contribution in [0.1, 0.15) is 5.56 Å². The Morgan fingerprint density at radius 3 is 2.62 bits per heavy atom. The van der Waals surface area contributed by atoms with Gasteiger partial charge in [0.25, 0.3) is 0 Å². The summed E-state index contributed by atoms with van der Waals surface area (Å²) in [7, 11) is 1.72. The van der Waals surface area contributed by atoms with Gasteiger partial charge in [-0.3, -0.25) is 4.68 Å². The lowest BCUT2D eigenvalue weighted by Gasteiger charge is -2.06. The fraction of sp³-hybridized carbons (Fsp3) is 0.182. The maximum atomic E-state index is 13.6. The second kappa shape index (κ2) is 3.79. The van der Waals surface area contributed by atoms with Crippen molar-refractivity contribution in [2.45, 2.75) is 6.92 Å². The Morgan fingerprint density at radius 2 is 2.06 bits per heavy atom. The first-order valence-electron chi connectivity index (χ1n) is 4.75. The first-order valence-corrected chi connectivity index (χ1v) is 5.12. The third-order valence-electron chi connectivity index (χ3n) is 2.55. The summed E-state index contributed by atoms with van der Waals surface area (Å²) in [6.45, 7) is 1.66. The topological polar surface area (TPSA) is 43.8 Å². The number of rotatable bonds is 1. The number of nitrogens with two attached hydrogens (primary N) is 1. The molecule has 0 amide bonds. The molecule has 0 bridgehead atoms. The van der Waals surface area contributed by atoms with Crippen molar-refractivity contribution in [2.24, 2.45) is 7.05 Å². The average Bonchev–Trinajstić information content (AvgIpc) is 2.58. The first kappa shape index (κ1) is 11.0. The van der Waals surface area contributed by atoms with Crippen molar-refractivity contribution in [1.82, 2.24) is 9.78 Å². The van der Waals surface area contributed by atoms with Gasteiger partial charge in [-0.1, -0.05) is 23.7 Å². The van der Waals surface area contributed by atoms with Gasteiger partial charge < -0.3 is 5.73 Å². The highest BCUT2D eigenvalue weighted by molar-refractivity contribution is 6.33. The minimum Gasteiger partial charge on any atom is -0.383 e. The molecule has 0 radical (unpaired) electrons. The van der Waals surface area contributed by atoms with Gasteiger partial charge in [-0.15, -0.1) is 0 Å². The molecule has 0 aliphatic rings. The zero-order valence-corrected chi connectivity index (χ0v) is 9.72. The minimum absolute atomic E-state index is 0.0831. The van der Waals surface area contributed by atoms with Crippen molar-refractivity contribution < 1.29 is 4.39 Å². The molecule has 2 aromatic rings. The third-order valence-corrected chi connectivity index (χ3v) is 2.92. The van der Waals surface area contributed by atoms with E-state index < -0.39 is 5.82 Å². The van der Waals surface area contributed by atoms with Gasteiger partial charge in [0, 0.05) is 18.2 Å². The molecule has 16 heavy (non-hydrogen) atoms. The molecular formula is C11H11ClFN3. The molecule has 0 saturated carbocycles. The van der Waals surface area contributed by atoms with Crippen molar-refractivity contribution in [3.8, 4) is 11.1 Å². The number of aromatic nitrogens is 2. The molecule has 2 N–H and O–H groups in total. The molecule has 5 heteroatoms. The molecule has 0 saturated heterocycles. The number of anilines is 1. The molecule has 0 aliphatic carbocycles. The Labute approximate surface area is 97.6 Å². The molecular weight excluding hydrogens is 229 g/mol. The van der Waals surface area contributed by atoms with Crippen LogP contribution in [0.2, 0.25) is 5.02 Å². The maximum Gasteiger partial charge on any atom is 0.145 e. The molecule has 0 atom stereocenters. The summed E-state index contributed by atoms with van der Waals surface area (Å²) in [5.74, 6) is 0.0487. The molecule has 0 unspecified atom stereocenters. The van der Waals surface area contributed by atoms with E-state index in [2.05, 4.69) is 5.10 Å². The SMILES string of the molecule is Cc1ccc(-c2cnn(C)c2N)c(Cl)c1F. The molecule has 1 heterocycles. The van der Waals surface area contributed by atoms with Crippen LogP contribution >= 0.6 is 11.6 Å². The van der Waals surface area contributed by atoms with Crippen LogP contribution in [0.5, 0.6) is 0 Å². The number of hydrogen-bond donors (Lipinski definition) is 1. The van der Waals surface area contributed by atoms with Crippen LogP contribution in [0, 0.1) is 12.7 Å².